The van der Waals surface area contributed by atoms with Gasteiger partial charge >= 0.3 is 0 Å². The minimum Gasteiger partial charge on any atom is -0.0610 e. The highest BCUT2D eigenvalue weighted by Gasteiger charge is 1.87. The van der Waals surface area contributed by atoms with E-state index in [0.717, 1.165) is 0 Å². The highest BCUT2D eigenvalue weighted by molar-refractivity contribution is 14.1. The fraction of sp³-hybridized carbons (Fsp3) is 0.143. The summed E-state index contributed by atoms with van der Waals surface area (Å²) in [5.41, 5.74) is 1.48. The van der Waals surface area contributed by atoms with E-state index in [4.69, 9.17) is 0 Å². The first-order chi connectivity index (χ1) is 4.33. The van der Waals surface area contributed by atoms with Crippen molar-refractivity contribution in [2.45, 2.75) is 6.04 Å². The topological polar surface area (TPSA) is 0 Å². The van der Waals surface area contributed by atoms with Crippen LogP contribution in [-0.2, 0) is 6.04 Å². The molecule has 0 bridgehead atoms. The molecular formula is C7H9ISi. The van der Waals surface area contributed by atoms with Gasteiger partial charge in [-0.3, -0.25) is 0 Å². The summed E-state index contributed by atoms with van der Waals surface area (Å²) in [6.07, 6.45) is 0. The molecule has 0 spiro atoms. The molecule has 0 fully saturated rings. The Bertz CT molecular complexity index is 198. The van der Waals surface area contributed by atoms with Crippen molar-refractivity contribution in [3.8, 4) is 0 Å². The first-order valence-corrected chi connectivity index (χ1v) is 5.56. The van der Waals surface area contributed by atoms with E-state index in [1.54, 1.807) is 0 Å². The second-order valence-corrected chi connectivity index (χ2v) is 3.94. The van der Waals surface area contributed by atoms with Gasteiger partial charge in [0.1, 0.15) is 0 Å². The maximum atomic E-state index is 2.34. The molecular weight excluding hydrogens is 239 g/mol. The van der Waals surface area contributed by atoms with Crippen LogP contribution in [-0.4, -0.2) is 10.2 Å². The Kier molecular flexibility index (Phi) is 2.72. The molecule has 1 aromatic rings. The lowest BCUT2D eigenvalue weighted by molar-refractivity contribution is 1.39. The van der Waals surface area contributed by atoms with Gasteiger partial charge in [0.2, 0.25) is 0 Å². The minimum atomic E-state index is 1.27. The molecule has 48 valence electrons. The van der Waals surface area contributed by atoms with E-state index in [9.17, 15) is 0 Å². The zero-order chi connectivity index (χ0) is 6.69. The maximum absolute atomic E-state index is 2.34. The van der Waals surface area contributed by atoms with E-state index in [1.807, 2.05) is 0 Å². The summed E-state index contributed by atoms with van der Waals surface area (Å²) >= 11 is 2.34. The van der Waals surface area contributed by atoms with Gasteiger partial charge in [-0.1, -0.05) is 17.7 Å². The summed E-state index contributed by atoms with van der Waals surface area (Å²) in [6, 6.07) is 9.95. The Balaban J connectivity index is 2.94. The van der Waals surface area contributed by atoms with Crippen molar-refractivity contribution >= 4 is 32.8 Å². The van der Waals surface area contributed by atoms with Gasteiger partial charge in [-0.15, -0.1) is 0 Å². The molecule has 1 rings (SSSR count). The van der Waals surface area contributed by atoms with Crippen LogP contribution in [0.4, 0.5) is 0 Å². The Hall–Kier alpha value is 0.167. The molecule has 1 aromatic carbocycles. The van der Waals surface area contributed by atoms with Crippen LogP contribution < -0.4 is 0 Å². The van der Waals surface area contributed by atoms with Gasteiger partial charge in [-0.25, -0.2) is 0 Å². The van der Waals surface area contributed by atoms with E-state index in [-0.39, 0.29) is 0 Å². The molecule has 0 aliphatic rings. The van der Waals surface area contributed by atoms with Crippen LogP contribution in [0.2, 0.25) is 0 Å². The second-order valence-electron chi connectivity index (χ2n) is 1.98. The van der Waals surface area contributed by atoms with Crippen LogP contribution in [0, 0.1) is 3.57 Å². The van der Waals surface area contributed by atoms with Crippen molar-refractivity contribution in [2.24, 2.45) is 0 Å². The normalized spacial score (nSPS) is 9.89. The fourth-order valence-corrected chi connectivity index (χ4v) is 1.80. The molecule has 0 atom stereocenters. The third-order valence-electron chi connectivity index (χ3n) is 1.30. The first-order valence-electron chi connectivity index (χ1n) is 3.07. The quantitative estimate of drug-likeness (QED) is 0.516. The second kappa shape index (κ2) is 3.36. The Labute approximate surface area is 72.2 Å². The molecule has 9 heavy (non-hydrogen) atoms. The van der Waals surface area contributed by atoms with Crippen molar-refractivity contribution < 1.29 is 0 Å². The summed E-state index contributed by atoms with van der Waals surface area (Å²) in [5, 5.41) is 0. The third kappa shape index (κ3) is 2.10. The number of benzene rings is 1. The summed E-state index contributed by atoms with van der Waals surface area (Å²) in [4.78, 5) is 0. The summed E-state index contributed by atoms with van der Waals surface area (Å²) in [5.74, 6) is 0. The van der Waals surface area contributed by atoms with E-state index >= 15 is 0 Å². The Morgan fingerprint density at radius 2 is 2.22 bits per heavy atom. The van der Waals surface area contributed by atoms with E-state index in [1.165, 1.54) is 25.4 Å². The molecule has 0 aliphatic carbocycles. The first kappa shape index (κ1) is 7.28. The van der Waals surface area contributed by atoms with Crippen molar-refractivity contribution in [3.63, 3.8) is 0 Å². The molecule has 0 heterocycles. The van der Waals surface area contributed by atoms with Crippen LogP contribution in [0.1, 0.15) is 5.56 Å². The summed E-state index contributed by atoms with van der Waals surface area (Å²) in [7, 11) is 1.27. The zero-order valence-corrected chi connectivity index (χ0v) is 9.55. The van der Waals surface area contributed by atoms with E-state index in [0.29, 0.717) is 0 Å². The van der Waals surface area contributed by atoms with Crippen molar-refractivity contribution in [2.75, 3.05) is 0 Å². The van der Waals surface area contributed by atoms with Crippen LogP contribution >= 0.6 is 22.6 Å². The molecule has 0 aromatic heterocycles. The predicted molar refractivity (Wildman–Crippen MR) is 52.8 cm³/mol. The summed E-state index contributed by atoms with van der Waals surface area (Å²) < 4.78 is 1.35. The van der Waals surface area contributed by atoms with Crippen LogP contribution in [0.15, 0.2) is 24.3 Å². The average Bonchev–Trinajstić information content (AvgIpc) is 1.88. The predicted octanol–water partition coefficient (Wildman–Crippen LogP) is 1.16. The van der Waals surface area contributed by atoms with Gasteiger partial charge in [0.25, 0.3) is 0 Å². The molecule has 0 unspecified atom stereocenters. The molecule has 2 heteroatoms. The van der Waals surface area contributed by atoms with Crippen LogP contribution in [0.25, 0.3) is 0 Å². The molecule has 0 amide bonds. The van der Waals surface area contributed by atoms with Gasteiger partial charge in [0, 0.05) is 13.8 Å². The van der Waals surface area contributed by atoms with Gasteiger partial charge in [0.15, 0.2) is 0 Å². The largest absolute Gasteiger partial charge is 0.0610 e. The molecule has 0 nitrogen and oxygen atoms in total. The average molecular weight is 248 g/mol. The SMILES string of the molecule is [SiH3]Cc1cccc(I)c1. The monoisotopic (exact) mass is 248 g/mol. The Morgan fingerprint density at radius 3 is 2.67 bits per heavy atom. The van der Waals surface area contributed by atoms with Crippen molar-refractivity contribution in [1.29, 1.82) is 0 Å². The number of halogens is 1. The van der Waals surface area contributed by atoms with E-state index in [2.05, 4.69) is 46.9 Å². The smallest absolute Gasteiger partial charge is 0.0132 e. The highest BCUT2D eigenvalue weighted by Crippen LogP contribution is 2.06. The summed E-state index contributed by atoms with van der Waals surface area (Å²) in [6.45, 7) is 0. The minimum absolute atomic E-state index is 1.27. The third-order valence-corrected chi connectivity index (χ3v) is 2.78. The standard InChI is InChI=1S/C7H9ISi/c8-7-3-1-2-6(4-7)5-9/h1-4H,5H2,9H3. The van der Waals surface area contributed by atoms with Gasteiger partial charge in [-0.05, 0) is 40.8 Å². The number of hydrogen-bond donors (Lipinski definition) is 0. The van der Waals surface area contributed by atoms with Crippen LogP contribution in [0.5, 0.6) is 0 Å². The van der Waals surface area contributed by atoms with Crippen molar-refractivity contribution in [3.05, 3.63) is 33.4 Å². The lowest BCUT2D eigenvalue weighted by Gasteiger charge is -1.94. The zero-order valence-electron chi connectivity index (χ0n) is 5.39. The molecule has 0 saturated carbocycles. The number of rotatable bonds is 1. The lowest BCUT2D eigenvalue weighted by atomic mass is 10.2. The molecule has 0 radical (unpaired) electrons. The lowest BCUT2D eigenvalue weighted by Crippen LogP contribution is -1.82. The van der Waals surface area contributed by atoms with Crippen LogP contribution in [0.3, 0.4) is 0 Å². The fourth-order valence-electron chi connectivity index (χ4n) is 0.757. The molecule has 0 aliphatic heterocycles. The molecule has 0 N–H and O–H groups in total. The van der Waals surface area contributed by atoms with Gasteiger partial charge in [0.05, 0.1) is 0 Å². The van der Waals surface area contributed by atoms with Gasteiger partial charge < -0.3 is 0 Å². The Morgan fingerprint density at radius 1 is 1.44 bits per heavy atom. The molecule has 0 saturated heterocycles. The number of hydrogen-bond acceptors (Lipinski definition) is 0. The highest BCUT2D eigenvalue weighted by atomic mass is 127. The van der Waals surface area contributed by atoms with Gasteiger partial charge in [-0.2, -0.15) is 0 Å². The maximum Gasteiger partial charge on any atom is 0.0132 e. The van der Waals surface area contributed by atoms with Crippen molar-refractivity contribution in [1.82, 2.24) is 0 Å². The van der Waals surface area contributed by atoms with E-state index < -0.39 is 0 Å².